The number of primary amides is 1. The Kier molecular flexibility index (Phi) is 4.61. The fourth-order valence-electron chi connectivity index (χ4n) is 2.44. The van der Waals surface area contributed by atoms with E-state index in [4.69, 9.17) is 5.73 Å². The summed E-state index contributed by atoms with van der Waals surface area (Å²) in [7, 11) is 0. The average Bonchev–Trinajstić information content (AvgIpc) is 2.92. The summed E-state index contributed by atoms with van der Waals surface area (Å²) in [5.74, 6) is -0.445. The van der Waals surface area contributed by atoms with E-state index >= 15 is 0 Å². The fourth-order valence-corrected chi connectivity index (χ4v) is 2.44. The van der Waals surface area contributed by atoms with Crippen LogP contribution in [0.2, 0.25) is 0 Å². The molecular formula is C15H21N3O2. The standard InChI is InChI=1S/C15H21N3O2/c1-10(15(20)18-12-4-2-3-5-12)17-13-8-6-11(7-9-13)14(16)19/h6-10,12,17H,2-5H2,1H3,(H2,16,19)(H,18,20). The number of amides is 2. The van der Waals surface area contributed by atoms with Gasteiger partial charge in [0.25, 0.3) is 0 Å². The third kappa shape index (κ3) is 3.73. The van der Waals surface area contributed by atoms with Gasteiger partial charge in [0.15, 0.2) is 0 Å². The largest absolute Gasteiger partial charge is 0.374 e. The number of anilines is 1. The molecule has 1 fully saturated rings. The van der Waals surface area contributed by atoms with Crippen LogP contribution < -0.4 is 16.4 Å². The lowest BCUT2D eigenvalue weighted by Crippen LogP contribution is -2.42. The Balaban J connectivity index is 1.87. The number of hydrogen-bond donors (Lipinski definition) is 3. The molecule has 1 aliphatic rings. The van der Waals surface area contributed by atoms with Gasteiger partial charge in [-0.05, 0) is 44.0 Å². The van der Waals surface area contributed by atoms with Crippen molar-refractivity contribution in [1.29, 1.82) is 0 Å². The van der Waals surface area contributed by atoms with Gasteiger partial charge >= 0.3 is 0 Å². The number of carbonyl (C=O) groups excluding carboxylic acids is 2. The molecule has 1 aromatic rings. The van der Waals surface area contributed by atoms with Gasteiger partial charge in [-0.15, -0.1) is 0 Å². The van der Waals surface area contributed by atoms with E-state index in [-0.39, 0.29) is 11.9 Å². The van der Waals surface area contributed by atoms with Crippen molar-refractivity contribution in [1.82, 2.24) is 5.32 Å². The Morgan fingerprint density at radius 2 is 1.80 bits per heavy atom. The number of carbonyl (C=O) groups is 2. The highest BCUT2D eigenvalue weighted by Gasteiger charge is 2.20. The minimum absolute atomic E-state index is 0.0101. The Labute approximate surface area is 118 Å². The van der Waals surface area contributed by atoms with Crippen molar-refractivity contribution in [2.24, 2.45) is 5.73 Å². The zero-order valence-electron chi connectivity index (χ0n) is 11.7. The van der Waals surface area contributed by atoms with Crippen LogP contribution in [-0.4, -0.2) is 23.9 Å². The molecule has 0 aromatic heterocycles. The molecule has 1 aliphatic carbocycles. The van der Waals surface area contributed by atoms with E-state index in [1.807, 2.05) is 6.92 Å². The fraction of sp³-hybridized carbons (Fsp3) is 0.467. The molecule has 0 spiro atoms. The lowest BCUT2D eigenvalue weighted by atomic mass is 10.2. The van der Waals surface area contributed by atoms with Gasteiger partial charge in [-0.2, -0.15) is 0 Å². The average molecular weight is 275 g/mol. The molecule has 5 nitrogen and oxygen atoms in total. The highest BCUT2D eigenvalue weighted by molar-refractivity contribution is 5.93. The number of benzene rings is 1. The van der Waals surface area contributed by atoms with Gasteiger partial charge in [0.2, 0.25) is 11.8 Å². The molecule has 1 saturated carbocycles. The zero-order chi connectivity index (χ0) is 14.5. The summed E-state index contributed by atoms with van der Waals surface area (Å²) >= 11 is 0. The van der Waals surface area contributed by atoms with Crippen molar-refractivity contribution in [2.75, 3.05) is 5.32 Å². The van der Waals surface area contributed by atoms with Crippen LogP contribution in [0.5, 0.6) is 0 Å². The Bertz CT molecular complexity index is 478. The molecule has 108 valence electrons. The van der Waals surface area contributed by atoms with Crippen molar-refractivity contribution >= 4 is 17.5 Å². The maximum absolute atomic E-state index is 12.0. The molecule has 0 bridgehead atoms. The van der Waals surface area contributed by atoms with Gasteiger partial charge in [-0.1, -0.05) is 12.8 Å². The molecule has 2 amide bonds. The van der Waals surface area contributed by atoms with Crippen molar-refractivity contribution in [3.8, 4) is 0 Å². The Hall–Kier alpha value is -2.04. The number of nitrogens with one attached hydrogen (secondary N) is 2. The summed E-state index contributed by atoms with van der Waals surface area (Å²) in [6.45, 7) is 1.83. The van der Waals surface area contributed by atoms with Crippen LogP contribution in [0.1, 0.15) is 43.0 Å². The lowest BCUT2D eigenvalue weighted by molar-refractivity contribution is -0.122. The molecule has 0 radical (unpaired) electrons. The van der Waals surface area contributed by atoms with Gasteiger partial charge in [0.05, 0.1) is 0 Å². The van der Waals surface area contributed by atoms with Gasteiger partial charge in [0.1, 0.15) is 6.04 Å². The molecular weight excluding hydrogens is 254 g/mol. The minimum Gasteiger partial charge on any atom is -0.374 e. The maximum atomic E-state index is 12.0. The van der Waals surface area contributed by atoms with Crippen molar-refractivity contribution in [3.05, 3.63) is 29.8 Å². The van der Waals surface area contributed by atoms with Crippen LogP contribution in [0.25, 0.3) is 0 Å². The Morgan fingerprint density at radius 1 is 1.20 bits per heavy atom. The second kappa shape index (κ2) is 6.41. The van der Waals surface area contributed by atoms with E-state index in [9.17, 15) is 9.59 Å². The second-order valence-electron chi connectivity index (χ2n) is 5.30. The van der Waals surface area contributed by atoms with Gasteiger partial charge in [-0.3, -0.25) is 9.59 Å². The van der Waals surface area contributed by atoms with Crippen LogP contribution >= 0.6 is 0 Å². The van der Waals surface area contributed by atoms with Crippen LogP contribution in [0.4, 0.5) is 5.69 Å². The van der Waals surface area contributed by atoms with E-state index in [0.717, 1.165) is 18.5 Å². The molecule has 20 heavy (non-hydrogen) atoms. The van der Waals surface area contributed by atoms with E-state index in [0.29, 0.717) is 11.6 Å². The molecule has 4 N–H and O–H groups in total. The molecule has 5 heteroatoms. The van der Waals surface area contributed by atoms with E-state index in [2.05, 4.69) is 10.6 Å². The second-order valence-corrected chi connectivity index (χ2v) is 5.30. The van der Waals surface area contributed by atoms with Crippen LogP contribution in [0, 0.1) is 0 Å². The molecule has 1 atom stereocenters. The predicted molar refractivity (Wildman–Crippen MR) is 78.4 cm³/mol. The van der Waals surface area contributed by atoms with Crippen LogP contribution in [0.15, 0.2) is 24.3 Å². The third-order valence-corrected chi connectivity index (χ3v) is 3.65. The van der Waals surface area contributed by atoms with E-state index in [1.165, 1.54) is 12.8 Å². The molecule has 0 saturated heterocycles. The molecule has 1 unspecified atom stereocenters. The SMILES string of the molecule is CC(Nc1ccc(C(N)=O)cc1)C(=O)NC1CCCC1. The van der Waals surface area contributed by atoms with E-state index in [1.54, 1.807) is 24.3 Å². The van der Waals surface area contributed by atoms with Crippen molar-refractivity contribution in [2.45, 2.75) is 44.7 Å². The normalized spacial score (nSPS) is 16.6. The summed E-state index contributed by atoms with van der Waals surface area (Å²) in [6.07, 6.45) is 4.54. The monoisotopic (exact) mass is 275 g/mol. The molecule has 1 aromatic carbocycles. The van der Waals surface area contributed by atoms with Gasteiger partial charge in [0, 0.05) is 17.3 Å². The molecule has 0 heterocycles. The summed E-state index contributed by atoms with van der Waals surface area (Å²) in [5, 5.41) is 6.17. The quantitative estimate of drug-likeness (QED) is 0.764. The first kappa shape index (κ1) is 14.4. The smallest absolute Gasteiger partial charge is 0.248 e. The number of hydrogen-bond acceptors (Lipinski definition) is 3. The summed E-state index contributed by atoms with van der Waals surface area (Å²) in [5.41, 5.74) is 6.43. The number of rotatable bonds is 5. The van der Waals surface area contributed by atoms with Crippen molar-refractivity contribution in [3.63, 3.8) is 0 Å². The summed E-state index contributed by atoms with van der Waals surface area (Å²) in [4.78, 5) is 23.0. The molecule has 0 aliphatic heterocycles. The summed E-state index contributed by atoms with van der Waals surface area (Å²) < 4.78 is 0. The topological polar surface area (TPSA) is 84.2 Å². The maximum Gasteiger partial charge on any atom is 0.248 e. The first-order valence-electron chi connectivity index (χ1n) is 7.03. The first-order chi connectivity index (χ1) is 9.56. The van der Waals surface area contributed by atoms with Gasteiger partial charge in [-0.25, -0.2) is 0 Å². The highest BCUT2D eigenvalue weighted by atomic mass is 16.2. The lowest BCUT2D eigenvalue weighted by Gasteiger charge is -2.18. The first-order valence-corrected chi connectivity index (χ1v) is 7.03. The van der Waals surface area contributed by atoms with Crippen LogP contribution in [-0.2, 0) is 4.79 Å². The van der Waals surface area contributed by atoms with E-state index < -0.39 is 5.91 Å². The third-order valence-electron chi connectivity index (χ3n) is 3.65. The van der Waals surface area contributed by atoms with Gasteiger partial charge < -0.3 is 16.4 Å². The Morgan fingerprint density at radius 3 is 2.35 bits per heavy atom. The number of nitrogens with two attached hydrogens (primary N) is 1. The van der Waals surface area contributed by atoms with Crippen LogP contribution in [0.3, 0.4) is 0 Å². The predicted octanol–water partition coefficient (Wildman–Crippen LogP) is 1.64. The molecule has 2 rings (SSSR count). The highest BCUT2D eigenvalue weighted by Crippen LogP contribution is 2.18. The zero-order valence-corrected chi connectivity index (χ0v) is 11.7. The van der Waals surface area contributed by atoms with Crippen molar-refractivity contribution < 1.29 is 9.59 Å². The summed E-state index contributed by atoms with van der Waals surface area (Å²) in [6, 6.07) is 6.80. The minimum atomic E-state index is -0.455.